The van der Waals surface area contributed by atoms with E-state index in [-0.39, 0.29) is 11.7 Å². The molecule has 1 saturated heterocycles. The van der Waals surface area contributed by atoms with E-state index in [0.29, 0.717) is 43.2 Å². The molecule has 2 aliphatic rings. The van der Waals surface area contributed by atoms with Gasteiger partial charge in [-0.05, 0) is 32.0 Å². The summed E-state index contributed by atoms with van der Waals surface area (Å²) in [7, 11) is 0. The van der Waals surface area contributed by atoms with Crippen LogP contribution in [0.2, 0.25) is 0 Å². The van der Waals surface area contributed by atoms with E-state index in [1.54, 1.807) is 18.3 Å². The Bertz CT molecular complexity index is 844. The van der Waals surface area contributed by atoms with E-state index in [1.807, 2.05) is 11.8 Å². The number of carbonyl (C=O) groups excluding carboxylic acids is 2. The van der Waals surface area contributed by atoms with E-state index in [0.717, 1.165) is 38.4 Å². The molecule has 0 aliphatic carbocycles. The third-order valence-corrected chi connectivity index (χ3v) is 5.39. The first-order valence-electron chi connectivity index (χ1n) is 9.79. The summed E-state index contributed by atoms with van der Waals surface area (Å²) in [6, 6.07) is 3.45. The fraction of sp³-hybridized carbons (Fsp3) is 0.500. The Kier molecular flexibility index (Phi) is 5.38. The molecule has 4 heterocycles. The number of carbonyl (C=O) groups is 2. The minimum Gasteiger partial charge on any atom is -0.459 e. The number of amides is 1. The Morgan fingerprint density at radius 3 is 2.75 bits per heavy atom. The zero-order chi connectivity index (χ0) is 19.5. The number of aryl methyl sites for hydroxylation is 1. The van der Waals surface area contributed by atoms with Crippen LogP contribution in [0.25, 0.3) is 0 Å². The van der Waals surface area contributed by atoms with E-state index in [2.05, 4.69) is 19.8 Å². The molecule has 2 aromatic heterocycles. The molecular weight excluding hydrogens is 358 g/mol. The average molecular weight is 383 g/mol. The summed E-state index contributed by atoms with van der Waals surface area (Å²) in [6.07, 6.45) is 4.69. The van der Waals surface area contributed by atoms with Crippen molar-refractivity contribution in [3.05, 3.63) is 41.7 Å². The first kappa shape index (κ1) is 18.6. The maximum Gasteiger partial charge on any atom is 0.289 e. The van der Waals surface area contributed by atoms with Crippen LogP contribution in [-0.4, -0.2) is 77.3 Å². The van der Waals surface area contributed by atoms with Gasteiger partial charge in [0.05, 0.1) is 11.8 Å². The second-order valence-corrected chi connectivity index (χ2v) is 7.28. The second-order valence-electron chi connectivity index (χ2n) is 7.28. The van der Waals surface area contributed by atoms with Crippen molar-refractivity contribution in [1.29, 1.82) is 0 Å². The topological polar surface area (TPSA) is 82.8 Å². The van der Waals surface area contributed by atoms with Crippen molar-refractivity contribution in [3.8, 4) is 0 Å². The molecule has 148 valence electrons. The Hall–Kier alpha value is -2.74. The van der Waals surface area contributed by atoms with Crippen molar-refractivity contribution < 1.29 is 14.0 Å². The molecule has 0 spiro atoms. The van der Waals surface area contributed by atoms with E-state index < -0.39 is 0 Å². The van der Waals surface area contributed by atoms with Crippen molar-refractivity contribution in [2.45, 2.75) is 19.8 Å². The summed E-state index contributed by atoms with van der Waals surface area (Å²) in [5.41, 5.74) is 0.641. The van der Waals surface area contributed by atoms with Crippen LogP contribution in [0, 0.1) is 6.92 Å². The maximum atomic E-state index is 12.3. The predicted molar refractivity (Wildman–Crippen MR) is 104 cm³/mol. The molecule has 2 aromatic rings. The number of aromatic nitrogens is 2. The number of ketones is 1. The summed E-state index contributed by atoms with van der Waals surface area (Å²) in [5.74, 6) is 1.97. The number of fused-ring (bicyclic) bond motifs is 1. The molecule has 8 nitrogen and oxygen atoms in total. The lowest BCUT2D eigenvalue weighted by Crippen LogP contribution is -2.49. The van der Waals surface area contributed by atoms with Crippen molar-refractivity contribution >= 4 is 17.5 Å². The third kappa shape index (κ3) is 3.91. The van der Waals surface area contributed by atoms with Gasteiger partial charge >= 0.3 is 0 Å². The van der Waals surface area contributed by atoms with Gasteiger partial charge in [0.15, 0.2) is 11.5 Å². The van der Waals surface area contributed by atoms with Gasteiger partial charge in [-0.2, -0.15) is 0 Å². The Morgan fingerprint density at radius 2 is 2.00 bits per heavy atom. The van der Waals surface area contributed by atoms with Crippen molar-refractivity contribution in [1.82, 2.24) is 19.8 Å². The van der Waals surface area contributed by atoms with Crippen molar-refractivity contribution in [2.75, 3.05) is 50.7 Å². The second kappa shape index (κ2) is 8.10. The van der Waals surface area contributed by atoms with Crippen molar-refractivity contribution in [2.24, 2.45) is 0 Å². The minimum atomic E-state index is -0.0331. The first-order chi connectivity index (χ1) is 13.6. The minimum absolute atomic E-state index is 0.0331. The lowest BCUT2D eigenvalue weighted by Gasteiger charge is -2.35. The zero-order valence-corrected chi connectivity index (χ0v) is 16.1. The molecule has 0 unspecified atom stereocenters. The molecular formula is C20H25N5O3. The molecule has 8 heteroatoms. The summed E-state index contributed by atoms with van der Waals surface area (Å²) < 4.78 is 5.21. The SMILES string of the molecule is Cc1ncc2c(n1)N(CCCN1CCN(C(=O)c3ccco3)CC1)CCC2=O. The molecule has 4 rings (SSSR count). The summed E-state index contributed by atoms with van der Waals surface area (Å²) in [5, 5.41) is 0. The van der Waals surface area contributed by atoms with Gasteiger partial charge in [-0.25, -0.2) is 9.97 Å². The Labute approximate surface area is 164 Å². The number of rotatable bonds is 5. The van der Waals surface area contributed by atoms with Gasteiger partial charge in [0, 0.05) is 51.9 Å². The van der Waals surface area contributed by atoms with Gasteiger partial charge in [-0.1, -0.05) is 0 Å². The normalized spacial score (nSPS) is 17.7. The molecule has 0 atom stereocenters. The molecule has 0 bridgehead atoms. The number of hydrogen-bond acceptors (Lipinski definition) is 7. The fourth-order valence-electron chi connectivity index (χ4n) is 3.81. The lowest BCUT2D eigenvalue weighted by atomic mass is 10.1. The lowest BCUT2D eigenvalue weighted by molar-refractivity contribution is 0.0605. The highest BCUT2D eigenvalue weighted by molar-refractivity contribution is 6.02. The van der Waals surface area contributed by atoms with Crippen LogP contribution in [0.3, 0.4) is 0 Å². The Balaban J connectivity index is 1.26. The van der Waals surface area contributed by atoms with E-state index in [1.165, 1.54) is 6.26 Å². The van der Waals surface area contributed by atoms with Gasteiger partial charge in [0.2, 0.25) is 0 Å². The number of hydrogen-bond donors (Lipinski definition) is 0. The molecule has 28 heavy (non-hydrogen) atoms. The quantitative estimate of drug-likeness (QED) is 0.776. The van der Waals surface area contributed by atoms with Crippen LogP contribution in [-0.2, 0) is 0 Å². The number of anilines is 1. The number of furan rings is 1. The van der Waals surface area contributed by atoms with Gasteiger partial charge in [0.1, 0.15) is 11.6 Å². The molecule has 2 aliphatic heterocycles. The highest BCUT2D eigenvalue weighted by Gasteiger charge is 2.26. The van der Waals surface area contributed by atoms with Crippen LogP contribution in [0.5, 0.6) is 0 Å². The molecule has 1 fully saturated rings. The smallest absolute Gasteiger partial charge is 0.289 e. The monoisotopic (exact) mass is 383 g/mol. The molecule has 0 saturated carbocycles. The van der Waals surface area contributed by atoms with Gasteiger partial charge in [-0.3, -0.25) is 14.5 Å². The van der Waals surface area contributed by atoms with Crippen LogP contribution < -0.4 is 4.90 Å². The van der Waals surface area contributed by atoms with E-state index >= 15 is 0 Å². The Morgan fingerprint density at radius 1 is 1.18 bits per heavy atom. The summed E-state index contributed by atoms with van der Waals surface area (Å²) >= 11 is 0. The third-order valence-electron chi connectivity index (χ3n) is 5.39. The van der Waals surface area contributed by atoms with Crippen LogP contribution in [0.1, 0.15) is 39.6 Å². The zero-order valence-electron chi connectivity index (χ0n) is 16.1. The standard InChI is InChI=1S/C20H25N5O3/c1-15-21-14-16-17(26)5-8-24(19(16)22-15)7-3-6-23-9-11-25(12-10-23)20(27)18-4-2-13-28-18/h2,4,13-14H,3,5-12H2,1H3. The van der Waals surface area contributed by atoms with Crippen molar-refractivity contribution in [3.63, 3.8) is 0 Å². The average Bonchev–Trinajstić information content (AvgIpc) is 3.24. The van der Waals surface area contributed by atoms with Gasteiger partial charge in [-0.15, -0.1) is 0 Å². The fourth-order valence-corrected chi connectivity index (χ4v) is 3.81. The van der Waals surface area contributed by atoms with E-state index in [4.69, 9.17) is 4.42 Å². The van der Waals surface area contributed by atoms with Crippen LogP contribution in [0.15, 0.2) is 29.0 Å². The van der Waals surface area contributed by atoms with Crippen LogP contribution in [0.4, 0.5) is 5.82 Å². The maximum absolute atomic E-state index is 12.3. The molecule has 0 radical (unpaired) electrons. The van der Waals surface area contributed by atoms with E-state index in [9.17, 15) is 9.59 Å². The van der Waals surface area contributed by atoms with Gasteiger partial charge in [0.25, 0.3) is 5.91 Å². The summed E-state index contributed by atoms with van der Waals surface area (Å²) in [4.78, 5) is 39.5. The first-order valence-corrected chi connectivity index (χ1v) is 9.79. The largest absolute Gasteiger partial charge is 0.459 e. The highest BCUT2D eigenvalue weighted by atomic mass is 16.3. The number of nitrogens with zero attached hydrogens (tertiary/aromatic N) is 5. The summed E-state index contributed by atoms with van der Waals surface area (Å²) in [6.45, 7) is 7.55. The molecule has 0 N–H and O–H groups in total. The molecule has 1 amide bonds. The van der Waals surface area contributed by atoms with Crippen LogP contribution >= 0.6 is 0 Å². The van der Waals surface area contributed by atoms with Gasteiger partial charge < -0.3 is 14.2 Å². The number of Topliss-reactive ketones (excluding diaryl/α,β-unsaturated/α-hetero) is 1. The number of piperazine rings is 1. The highest BCUT2D eigenvalue weighted by Crippen LogP contribution is 2.24. The molecule has 0 aromatic carbocycles. The predicted octanol–water partition coefficient (Wildman–Crippen LogP) is 1.62.